The molecule has 0 aromatic rings. The summed E-state index contributed by atoms with van der Waals surface area (Å²) in [5, 5.41) is 0. The summed E-state index contributed by atoms with van der Waals surface area (Å²) < 4.78 is 16.8. The zero-order valence-electron chi connectivity index (χ0n) is 42.0. The topological polar surface area (TPSA) is 78.9 Å². The van der Waals surface area contributed by atoms with Crippen molar-refractivity contribution in [3.8, 4) is 0 Å². The van der Waals surface area contributed by atoms with Crippen LogP contribution in [0.3, 0.4) is 0 Å². The molecule has 0 saturated heterocycles. The van der Waals surface area contributed by atoms with Crippen LogP contribution in [0, 0.1) is 17.8 Å². The van der Waals surface area contributed by atoms with E-state index in [1.165, 1.54) is 180 Å². The molecule has 0 bridgehead atoms. The molecule has 0 N–H and O–H groups in total. The van der Waals surface area contributed by atoms with Crippen LogP contribution in [0.25, 0.3) is 0 Å². The minimum atomic E-state index is -0.763. The summed E-state index contributed by atoms with van der Waals surface area (Å²) in [6.45, 7) is 13.7. The third kappa shape index (κ3) is 47.7. The fourth-order valence-electron chi connectivity index (χ4n) is 8.26. The number of hydrogen-bond acceptors (Lipinski definition) is 6. The van der Waals surface area contributed by atoms with Gasteiger partial charge in [0.25, 0.3) is 0 Å². The van der Waals surface area contributed by atoms with Gasteiger partial charge in [-0.1, -0.05) is 260 Å². The molecule has 1 unspecified atom stereocenters. The normalized spacial score (nSPS) is 12.6. The lowest BCUT2D eigenvalue weighted by Crippen LogP contribution is -2.30. The first kappa shape index (κ1) is 59.4. The molecule has 6 heteroatoms. The lowest BCUT2D eigenvalue weighted by Gasteiger charge is -2.18. The van der Waals surface area contributed by atoms with Gasteiger partial charge in [0.1, 0.15) is 13.2 Å². The zero-order valence-corrected chi connectivity index (χ0v) is 42.0. The largest absolute Gasteiger partial charge is 0.462 e. The van der Waals surface area contributed by atoms with Gasteiger partial charge in [-0.05, 0) is 37.0 Å². The first-order valence-electron chi connectivity index (χ1n) is 27.1. The van der Waals surface area contributed by atoms with Crippen molar-refractivity contribution in [1.82, 2.24) is 0 Å². The van der Waals surface area contributed by atoms with Crippen molar-refractivity contribution in [2.45, 2.75) is 304 Å². The molecule has 0 saturated carbocycles. The summed E-state index contributed by atoms with van der Waals surface area (Å²) in [4.78, 5) is 38.0. The van der Waals surface area contributed by atoms with Gasteiger partial charge < -0.3 is 14.2 Å². The number of esters is 3. The Bertz CT molecular complexity index is 947. The highest BCUT2D eigenvalue weighted by Crippen LogP contribution is 2.18. The fraction of sp³-hybridized carbons (Fsp3) is 0.945. The Labute approximate surface area is 380 Å². The highest BCUT2D eigenvalue weighted by molar-refractivity contribution is 5.71. The second-order valence-corrected chi connectivity index (χ2v) is 20.1. The summed E-state index contributed by atoms with van der Waals surface area (Å²) in [7, 11) is 0. The van der Waals surface area contributed by atoms with E-state index in [2.05, 4.69) is 41.5 Å². The van der Waals surface area contributed by atoms with Crippen LogP contribution in [-0.2, 0) is 28.6 Å². The molecule has 61 heavy (non-hydrogen) atoms. The molecule has 362 valence electrons. The minimum absolute atomic E-state index is 0.0649. The van der Waals surface area contributed by atoms with Crippen LogP contribution >= 0.6 is 0 Å². The van der Waals surface area contributed by atoms with Gasteiger partial charge in [-0.25, -0.2) is 0 Å². The lowest BCUT2D eigenvalue weighted by atomic mass is 9.99. The summed E-state index contributed by atoms with van der Waals surface area (Å²) in [6.07, 6.45) is 46.7. The number of unbranched alkanes of at least 4 members (excludes halogenated alkanes) is 30. The van der Waals surface area contributed by atoms with Crippen LogP contribution in [0.1, 0.15) is 298 Å². The van der Waals surface area contributed by atoms with E-state index in [-0.39, 0.29) is 31.1 Å². The van der Waals surface area contributed by atoms with E-state index in [9.17, 15) is 14.4 Å². The molecule has 0 aliphatic rings. The van der Waals surface area contributed by atoms with Crippen molar-refractivity contribution in [1.29, 1.82) is 0 Å². The van der Waals surface area contributed by atoms with Crippen molar-refractivity contribution in [3.63, 3.8) is 0 Å². The Morgan fingerprint density at radius 3 is 0.852 bits per heavy atom. The predicted molar refractivity (Wildman–Crippen MR) is 261 cm³/mol. The van der Waals surface area contributed by atoms with Gasteiger partial charge in [0.05, 0.1) is 0 Å². The smallest absolute Gasteiger partial charge is 0.306 e. The second kappa shape index (κ2) is 46.4. The monoisotopic (exact) mass is 863 g/mol. The van der Waals surface area contributed by atoms with E-state index >= 15 is 0 Å². The number of hydrogen-bond donors (Lipinski definition) is 0. The molecular weight excluding hydrogens is 757 g/mol. The van der Waals surface area contributed by atoms with Gasteiger partial charge in [-0.15, -0.1) is 0 Å². The summed E-state index contributed by atoms with van der Waals surface area (Å²) in [6, 6.07) is 0. The fourth-order valence-corrected chi connectivity index (χ4v) is 8.26. The quantitative estimate of drug-likeness (QED) is 0.0344. The molecule has 0 radical (unpaired) electrons. The van der Waals surface area contributed by atoms with Crippen LogP contribution in [0.15, 0.2) is 0 Å². The Morgan fingerprint density at radius 1 is 0.328 bits per heavy atom. The van der Waals surface area contributed by atoms with Gasteiger partial charge in [0, 0.05) is 19.3 Å². The number of rotatable bonds is 48. The molecule has 0 fully saturated rings. The average molecular weight is 863 g/mol. The third-order valence-corrected chi connectivity index (χ3v) is 12.8. The highest BCUT2D eigenvalue weighted by Gasteiger charge is 2.19. The Morgan fingerprint density at radius 2 is 0.574 bits per heavy atom. The Hall–Kier alpha value is -1.59. The molecule has 2 atom stereocenters. The molecule has 6 nitrogen and oxygen atoms in total. The van der Waals surface area contributed by atoms with Crippen molar-refractivity contribution in [3.05, 3.63) is 0 Å². The Kier molecular flexibility index (Phi) is 45.2. The molecule has 0 spiro atoms. The van der Waals surface area contributed by atoms with E-state index in [1.54, 1.807) is 0 Å². The Balaban J connectivity index is 4.24. The van der Waals surface area contributed by atoms with Gasteiger partial charge >= 0.3 is 17.9 Å². The van der Waals surface area contributed by atoms with Crippen LogP contribution in [0.2, 0.25) is 0 Å². The molecule has 0 heterocycles. The number of carbonyl (C=O) groups excluding carboxylic acids is 3. The van der Waals surface area contributed by atoms with Gasteiger partial charge in [0.15, 0.2) is 6.10 Å². The molecule has 0 amide bonds. The van der Waals surface area contributed by atoms with Crippen LogP contribution < -0.4 is 0 Å². The molecular formula is C55H106O6. The summed E-state index contributed by atoms with van der Waals surface area (Å²) >= 11 is 0. The highest BCUT2D eigenvalue weighted by atomic mass is 16.6. The van der Waals surface area contributed by atoms with Gasteiger partial charge in [0.2, 0.25) is 0 Å². The van der Waals surface area contributed by atoms with E-state index in [4.69, 9.17) is 14.2 Å². The first-order chi connectivity index (χ1) is 29.6. The summed E-state index contributed by atoms with van der Waals surface area (Å²) in [5.74, 6) is 1.65. The summed E-state index contributed by atoms with van der Waals surface area (Å²) in [5.41, 5.74) is 0. The lowest BCUT2D eigenvalue weighted by molar-refractivity contribution is -0.167. The molecule has 0 aromatic heterocycles. The van der Waals surface area contributed by atoms with Crippen LogP contribution in [-0.4, -0.2) is 37.2 Å². The second-order valence-electron chi connectivity index (χ2n) is 20.1. The van der Waals surface area contributed by atoms with Crippen molar-refractivity contribution >= 4 is 17.9 Å². The van der Waals surface area contributed by atoms with Crippen molar-refractivity contribution in [2.75, 3.05) is 13.2 Å². The third-order valence-electron chi connectivity index (χ3n) is 12.8. The average Bonchev–Trinajstić information content (AvgIpc) is 3.23. The van der Waals surface area contributed by atoms with E-state index in [1.807, 2.05) is 0 Å². The maximum absolute atomic E-state index is 12.8. The predicted octanol–water partition coefficient (Wildman–Crippen LogP) is 17.6. The van der Waals surface area contributed by atoms with Crippen molar-refractivity contribution in [2.24, 2.45) is 17.8 Å². The number of carbonyl (C=O) groups is 3. The SMILES string of the molecule is CCC(C)CCCCCCCCCCCCC(=O)OC[C@@H](COC(=O)CCCCCCCCCCCCCCCCCCC(C)C)OC(=O)CCCCCCCCCC(C)C. The van der Waals surface area contributed by atoms with E-state index in [0.717, 1.165) is 75.5 Å². The minimum Gasteiger partial charge on any atom is -0.462 e. The maximum Gasteiger partial charge on any atom is 0.306 e. The zero-order chi connectivity index (χ0) is 44.9. The van der Waals surface area contributed by atoms with Crippen molar-refractivity contribution < 1.29 is 28.6 Å². The first-order valence-corrected chi connectivity index (χ1v) is 27.1. The number of ether oxygens (including phenoxy) is 3. The molecule has 0 aliphatic heterocycles. The van der Waals surface area contributed by atoms with E-state index in [0.29, 0.717) is 19.3 Å². The molecule has 0 rings (SSSR count). The maximum atomic E-state index is 12.8. The molecule has 0 aromatic carbocycles. The van der Waals surface area contributed by atoms with Gasteiger partial charge in [-0.2, -0.15) is 0 Å². The van der Waals surface area contributed by atoms with E-state index < -0.39 is 6.10 Å². The van der Waals surface area contributed by atoms with Crippen LogP contribution in [0.5, 0.6) is 0 Å². The molecule has 0 aliphatic carbocycles. The van der Waals surface area contributed by atoms with Crippen LogP contribution in [0.4, 0.5) is 0 Å². The van der Waals surface area contributed by atoms with Gasteiger partial charge in [-0.3, -0.25) is 14.4 Å². The standard InChI is InChI=1S/C55H106O6/c1-7-51(6)43-37-31-25-19-16-17-21-27-33-39-45-54(57)60-48-52(61-55(58)46-40-34-28-22-24-30-36-42-50(4)5)47-59-53(56)44-38-32-26-20-15-13-11-9-8-10-12-14-18-23-29-35-41-49(2)3/h49-52H,7-48H2,1-6H3/t51?,52-/m1/s1.